The van der Waals surface area contributed by atoms with Gasteiger partial charge in [-0.1, -0.05) is 0 Å². The molecule has 2 aromatic rings. The van der Waals surface area contributed by atoms with Gasteiger partial charge in [0.25, 0.3) is 0 Å². The van der Waals surface area contributed by atoms with Gasteiger partial charge in [0.2, 0.25) is 5.88 Å². The first-order valence-electron chi connectivity index (χ1n) is 5.59. The van der Waals surface area contributed by atoms with Crippen LogP contribution in [0.2, 0.25) is 0 Å². The number of aromatic nitrogens is 1. The number of aromatic carboxylic acids is 1. The summed E-state index contributed by atoms with van der Waals surface area (Å²) in [5, 5.41) is 18.1. The highest BCUT2D eigenvalue weighted by Gasteiger charge is 2.13. The lowest BCUT2D eigenvalue weighted by atomic mass is 10.2. The zero-order valence-electron chi connectivity index (χ0n) is 10.4. The minimum atomic E-state index is -1.08. The van der Waals surface area contributed by atoms with Crippen molar-refractivity contribution in [1.29, 1.82) is 5.26 Å². The number of pyridine rings is 1. The summed E-state index contributed by atoms with van der Waals surface area (Å²) < 4.78 is 6.30. The van der Waals surface area contributed by atoms with E-state index in [1.54, 1.807) is 25.1 Å². The second-order valence-corrected chi connectivity index (χ2v) is 5.24. The normalized spacial score (nSPS) is 9.85. The Bertz CT molecular complexity index is 723. The molecule has 1 aromatic carbocycles. The third-order valence-corrected chi connectivity index (χ3v) is 3.12. The number of carboxylic acids is 1. The van der Waals surface area contributed by atoms with Crippen LogP contribution < -0.4 is 4.74 Å². The monoisotopic (exact) mass is 380 g/mol. The molecule has 0 radical (unpaired) electrons. The minimum absolute atomic E-state index is 0.0544. The lowest BCUT2D eigenvalue weighted by Crippen LogP contribution is -2.01. The molecule has 0 aliphatic carbocycles. The highest BCUT2D eigenvalue weighted by molar-refractivity contribution is 14.1. The van der Waals surface area contributed by atoms with Gasteiger partial charge in [0.15, 0.2) is 0 Å². The number of halogens is 1. The SMILES string of the molecule is Cc1cc(C#N)cc(Oc2ccc(I)cc2C(=O)O)n1. The average molecular weight is 380 g/mol. The summed E-state index contributed by atoms with van der Waals surface area (Å²) >= 11 is 2.03. The van der Waals surface area contributed by atoms with E-state index < -0.39 is 5.97 Å². The van der Waals surface area contributed by atoms with Crippen molar-refractivity contribution in [3.8, 4) is 17.7 Å². The van der Waals surface area contributed by atoms with Crippen LogP contribution in [0.1, 0.15) is 21.6 Å². The summed E-state index contributed by atoms with van der Waals surface area (Å²) in [7, 11) is 0. The molecule has 100 valence electrons. The van der Waals surface area contributed by atoms with Gasteiger partial charge in [-0.25, -0.2) is 9.78 Å². The molecule has 5 nitrogen and oxygen atoms in total. The van der Waals surface area contributed by atoms with Crippen molar-refractivity contribution in [2.75, 3.05) is 0 Å². The molecule has 0 amide bonds. The van der Waals surface area contributed by atoms with E-state index in [1.807, 2.05) is 28.7 Å². The van der Waals surface area contributed by atoms with Gasteiger partial charge in [-0.05, 0) is 53.8 Å². The van der Waals surface area contributed by atoms with Crippen molar-refractivity contribution in [3.63, 3.8) is 0 Å². The van der Waals surface area contributed by atoms with Crippen molar-refractivity contribution in [2.45, 2.75) is 6.92 Å². The molecular weight excluding hydrogens is 371 g/mol. The van der Waals surface area contributed by atoms with E-state index in [2.05, 4.69) is 4.98 Å². The fourth-order valence-electron chi connectivity index (χ4n) is 1.63. The summed E-state index contributed by atoms with van der Waals surface area (Å²) in [5.41, 5.74) is 1.09. The number of nitrogens with zero attached hydrogens (tertiary/aromatic N) is 2. The van der Waals surface area contributed by atoms with Crippen LogP contribution in [0.25, 0.3) is 0 Å². The van der Waals surface area contributed by atoms with Gasteiger partial charge in [0.1, 0.15) is 11.3 Å². The Labute approximate surface area is 129 Å². The molecule has 1 heterocycles. The number of hydrogen-bond acceptors (Lipinski definition) is 4. The van der Waals surface area contributed by atoms with E-state index in [0.29, 0.717) is 11.3 Å². The van der Waals surface area contributed by atoms with Gasteiger partial charge in [-0.3, -0.25) is 0 Å². The van der Waals surface area contributed by atoms with Crippen molar-refractivity contribution in [3.05, 3.63) is 50.7 Å². The number of benzene rings is 1. The number of nitriles is 1. The topological polar surface area (TPSA) is 83.2 Å². The maximum atomic E-state index is 11.2. The van der Waals surface area contributed by atoms with E-state index in [1.165, 1.54) is 12.1 Å². The Hall–Kier alpha value is -2.14. The maximum Gasteiger partial charge on any atom is 0.339 e. The van der Waals surface area contributed by atoms with Gasteiger partial charge in [0.05, 0.1) is 11.6 Å². The number of rotatable bonds is 3. The van der Waals surface area contributed by atoms with Crippen LogP contribution in [0.3, 0.4) is 0 Å². The third kappa shape index (κ3) is 3.24. The Morgan fingerprint density at radius 2 is 2.15 bits per heavy atom. The zero-order chi connectivity index (χ0) is 14.7. The largest absolute Gasteiger partial charge is 0.478 e. The molecule has 1 N–H and O–H groups in total. The van der Waals surface area contributed by atoms with Crippen molar-refractivity contribution in [1.82, 2.24) is 4.98 Å². The molecule has 0 atom stereocenters. The Morgan fingerprint density at radius 1 is 1.40 bits per heavy atom. The summed E-state index contributed by atoms with van der Waals surface area (Å²) in [6.45, 7) is 1.74. The lowest BCUT2D eigenvalue weighted by molar-refractivity contribution is 0.0694. The van der Waals surface area contributed by atoms with Crippen LogP contribution in [-0.2, 0) is 0 Å². The highest BCUT2D eigenvalue weighted by Crippen LogP contribution is 2.26. The number of ether oxygens (including phenoxy) is 1. The summed E-state index contributed by atoms with van der Waals surface area (Å²) in [6.07, 6.45) is 0. The predicted molar refractivity (Wildman–Crippen MR) is 79.9 cm³/mol. The van der Waals surface area contributed by atoms with Gasteiger partial charge in [-0.2, -0.15) is 5.26 Å². The second-order valence-electron chi connectivity index (χ2n) is 3.99. The summed E-state index contributed by atoms with van der Waals surface area (Å²) in [5.74, 6) is -0.683. The Balaban J connectivity index is 2.42. The number of aryl methyl sites for hydroxylation is 1. The molecule has 0 aliphatic rings. The molecule has 0 aliphatic heterocycles. The molecule has 1 aromatic heterocycles. The molecule has 0 saturated heterocycles. The zero-order valence-corrected chi connectivity index (χ0v) is 12.6. The summed E-state index contributed by atoms with van der Waals surface area (Å²) in [4.78, 5) is 15.3. The third-order valence-electron chi connectivity index (χ3n) is 2.45. The van der Waals surface area contributed by atoms with Crippen molar-refractivity contribution < 1.29 is 14.6 Å². The van der Waals surface area contributed by atoms with Gasteiger partial charge in [0, 0.05) is 15.3 Å². The minimum Gasteiger partial charge on any atom is -0.478 e. The van der Waals surface area contributed by atoms with Gasteiger partial charge in [-0.15, -0.1) is 0 Å². The molecule has 6 heteroatoms. The predicted octanol–water partition coefficient (Wildman–Crippen LogP) is 3.36. The molecule has 0 spiro atoms. The van der Waals surface area contributed by atoms with Gasteiger partial charge >= 0.3 is 5.97 Å². The maximum absolute atomic E-state index is 11.2. The Morgan fingerprint density at radius 3 is 2.80 bits per heavy atom. The molecular formula is C14H9IN2O3. The average Bonchev–Trinajstić information content (AvgIpc) is 2.40. The van der Waals surface area contributed by atoms with Crippen LogP contribution in [-0.4, -0.2) is 16.1 Å². The van der Waals surface area contributed by atoms with E-state index >= 15 is 0 Å². The number of carboxylic acid groups (broad SMARTS) is 1. The van der Waals surface area contributed by atoms with Crippen molar-refractivity contribution >= 4 is 28.6 Å². The smallest absolute Gasteiger partial charge is 0.339 e. The first-order valence-corrected chi connectivity index (χ1v) is 6.67. The number of hydrogen-bond donors (Lipinski definition) is 1. The number of carbonyl (C=O) groups is 1. The van der Waals surface area contributed by atoms with Crippen LogP contribution in [0.4, 0.5) is 0 Å². The quantitative estimate of drug-likeness (QED) is 0.826. The molecule has 20 heavy (non-hydrogen) atoms. The highest BCUT2D eigenvalue weighted by atomic mass is 127. The van der Waals surface area contributed by atoms with Crippen LogP contribution in [0.5, 0.6) is 11.6 Å². The molecule has 0 bridgehead atoms. The van der Waals surface area contributed by atoms with Crippen LogP contribution >= 0.6 is 22.6 Å². The van der Waals surface area contributed by atoms with E-state index in [0.717, 1.165) is 3.57 Å². The van der Waals surface area contributed by atoms with Gasteiger partial charge < -0.3 is 9.84 Å². The molecule has 0 saturated carbocycles. The molecule has 2 rings (SSSR count). The molecule has 0 unspecified atom stereocenters. The summed E-state index contributed by atoms with van der Waals surface area (Å²) in [6, 6.07) is 9.92. The lowest BCUT2D eigenvalue weighted by Gasteiger charge is -2.09. The second kappa shape index (κ2) is 5.88. The van der Waals surface area contributed by atoms with Crippen molar-refractivity contribution in [2.24, 2.45) is 0 Å². The fourth-order valence-corrected chi connectivity index (χ4v) is 2.12. The van der Waals surface area contributed by atoms with E-state index in [9.17, 15) is 4.79 Å². The van der Waals surface area contributed by atoms with E-state index in [-0.39, 0.29) is 17.2 Å². The Kier molecular flexibility index (Phi) is 4.20. The standard InChI is InChI=1S/C14H9IN2O3/c1-8-4-9(7-16)5-13(17-8)20-12-3-2-10(15)6-11(12)14(18)19/h2-6H,1H3,(H,18,19). The first-order chi connectivity index (χ1) is 9.49. The van der Waals surface area contributed by atoms with Crippen LogP contribution in [0, 0.1) is 21.8 Å². The molecule has 0 fully saturated rings. The first kappa shape index (κ1) is 14.3. The van der Waals surface area contributed by atoms with Crippen LogP contribution in [0.15, 0.2) is 30.3 Å². The van der Waals surface area contributed by atoms with E-state index in [4.69, 9.17) is 15.1 Å². The fraction of sp³-hybridized carbons (Fsp3) is 0.0714.